The summed E-state index contributed by atoms with van der Waals surface area (Å²) in [5.41, 5.74) is 1.05. The number of anilines is 1. The van der Waals surface area contributed by atoms with Crippen molar-refractivity contribution in [3.8, 4) is 5.75 Å². The van der Waals surface area contributed by atoms with Gasteiger partial charge in [-0.2, -0.15) is 0 Å². The Bertz CT molecular complexity index is 352. The molecule has 1 aliphatic rings. The van der Waals surface area contributed by atoms with Crippen LogP contribution in [-0.4, -0.2) is 33.3 Å². The maximum atomic E-state index is 5.99. The van der Waals surface area contributed by atoms with E-state index in [0.29, 0.717) is 6.04 Å². The minimum absolute atomic E-state index is 0.539. The van der Waals surface area contributed by atoms with Crippen molar-refractivity contribution in [3.63, 3.8) is 0 Å². The van der Waals surface area contributed by atoms with E-state index in [9.17, 15) is 0 Å². The van der Waals surface area contributed by atoms with Gasteiger partial charge in [-0.05, 0) is 18.2 Å². The van der Waals surface area contributed by atoms with Crippen LogP contribution in [0.15, 0.2) is 18.2 Å². The van der Waals surface area contributed by atoms with Gasteiger partial charge in [-0.3, -0.25) is 0 Å². The summed E-state index contributed by atoms with van der Waals surface area (Å²) in [7, 11) is 3.75. The van der Waals surface area contributed by atoms with E-state index in [1.807, 2.05) is 18.2 Å². The Kier molecular flexibility index (Phi) is 3.03. The highest BCUT2D eigenvalue weighted by molar-refractivity contribution is 6.30. The summed E-state index contributed by atoms with van der Waals surface area (Å²) >= 11 is 5.99. The molecule has 0 atom stereocenters. The molecule has 1 aromatic carbocycles. The molecular weight excluding hydrogens is 212 g/mol. The van der Waals surface area contributed by atoms with Gasteiger partial charge in [0.2, 0.25) is 0 Å². The Morgan fingerprint density at radius 1 is 1.47 bits per heavy atom. The van der Waals surface area contributed by atoms with Crippen LogP contribution in [0.25, 0.3) is 0 Å². The first-order valence-corrected chi connectivity index (χ1v) is 5.37. The molecule has 15 heavy (non-hydrogen) atoms. The fourth-order valence-corrected chi connectivity index (χ4v) is 1.85. The van der Waals surface area contributed by atoms with Gasteiger partial charge in [0.15, 0.2) is 0 Å². The van der Waals surface area contributed by atoms with Crippen LogP contribution >= 0.6 is 11.6 Å². The maximum Gasteiger partial charge on any atom is 0.142 e. The summed E-state index contributed by atoms with van der Waals surface area (Å²) in [6, 6.07) is 6.23. The van der Waals surface area contributed by atoms with E-state index >= 15 is 0 Å². The van der Waals surface area contributed by atoms with Gasteiger partial charge in [-0.15, -0.1) is 0 Å². The fraction of sp³-hybridized carbons (Fsp3) is 0.455. The van der Waals surface area contributed by atoms with E-state index < -0.39 is 0 Å². The van der Waals surface area contributed by atoms with Crippen LogP contribution in [0.1, 0.15) is 0 Å². The molecule has 82 valence electrons. The largest absolute Gasteiger partial charge is 0.495 e. The van der Waals surface area contributed by atoms with Crippen LogP contribution in [0, 0.1) is 0 Å². The number of halogens is 1. The molecule has 0 bridgehead atoms. The number of likely N-dealkylation sites (N-methyl/N-ethyl adjacent to an activating group) is 1. The molecule has 1 saturated heterocycles. The molecule has 0 spiro atoms. The molecule has 4 heteroatoms. The number of methoxy groups -OCH3 is 1. The smallest absolute Gasteiger partial charge is 0.142 e. The number of rotatable bonds is 3. The standard InChI is InChI=1S/C11H15ClN2O/c1-14(9-6-13-7-9)10-5-8(12)3-4-11(10)15-2/h3-5,9,13H,6-7H2,1-2H3. The van der Waals surface area contributed by atoms with Gasteiger partial charge in [0, 0.05) is 25.2 Å². The number of ether oxygens (including phenoxy) is 1. The van der Waals surface area contributed by atoms with Crippen LogP contribution in [0.2, 0.25) is 5.02 Å². The molecular formula is C11H15ClN2O. The zero-order valence-corrected chi connectivity index (χ0v) is 9.71. The second kappa shape index (κ2) is 4.29. The third kappa shape index (κ3) is 2.03. The molecule has 0 saturated carbocycles. The van der Waals surface area contributed by atoms with Crippen molar-refractivity contribution in [3.05, 3.63) is 23.2 Å². The summed E-state index contributed by atoms with van der Waals surface area (Å²) in [5.74, 6) is 0.869. The van der Waals surface area contributed by atoms with E-state index in [0.717, 1.165) is 29.5 Å². The van der Waals surface area contributed by atoms with Crippen LogP contribution in [0.5, 0.6) is 5.75 Å². The van der Waals surface area contributed by atoms with Crippen molar-refractivity contribution in [1.29, 1.82) is 0 Å². The first kappa shape index (κ1) is 10.6. The van der Waals surface area contributed by atoms with Gasteiger partial charge in [0.05, 0.1) is 18.8 Å². The first-order chi connectivity index (χ1) is 7.22. The van der Waals surface area contributed by atoms with Crippen molar-refractivity contribution < 1.29 is 4.74 Å². The number of benzene rings is 1. The number of nitrogens with one attached hydrogen (secondary N) is 1. The number of hydrogen-bond donors (Lipinski definition) is 1. The molecule has 0 unspecified atom stereocenters. The predicted molar refractivity (Wildman–Crippen MR) is 63.1 cm³/mol. The average molecular weight is 227 g/mol. The summed E-state index contributed by atoms with van der Waals surface area (Å²) < 4.78 is 5.32. The summed E-state index contributed by atoms with van der Waals surface area (Å²) in [4.78, 5) is 2.21. The third-order valence-electron chi connectivity index (χ3n) is 2.83. The van der Waals surface area contributed by atoms with Crippen molar-refractivity contribution in [2.75, 3.05) is 32.1 Å². The lowest BCUT2D eigenvalue weighted by Gasteiger charge is -2.37. The third-order valence-corrected chi connectivity index (χ3v) is 3.06. The average Bonchev–Trinajstić information content (AvgIpc) is 2.15. The van der Waals surface area contributed by atoms with Crippen LogP contribution in [-0.2, 0) is 0 Å². The monoisotopic (exact) mass is 226 g/mol. The Morgan fingerprint density at radius 2 is 2.20 bits per heavy atom. The number of nitrogens with zero attached hydrogens (tertiary/aromatic N) is 1. The molecule has 0 aromatic heterocycles. The normalized spacial score (nSPS) is 15.9. The highest BCUT2D eigenvalue weighted by Gasteiger charge is 2.23. The minimum atomic E-state index is 0.539. The quantitative estimate of drug-likeness (QED) is 0.850. The molecule has 1 aromatic rings. The van der Waals surface area contributed by atoms with Gasteiger partial charge in [0.1, 0.15) is 5.75 Å². The lowest BCUT2D eigenvalue weighted by atomic mass is 10.1. The topological polar surface area (TPSA) is 24.5 Å². The van der Waals surface area contributed by atoms with Crippen molar-refractivity contribution in [1.82, 2.24) is 5.32 Å². The summed E-state index contributed by atoms with van der Waals surface area (Å²) in [6.45, 7) is 2.04. The Balaban J connectivity index is 2.27. The fourth-order valence-electron chi connectivity index (χ4n) is 1.68. The SMILES string of the molecule is COc1ccc(Cl)cc1N(C)C1CNC1. The van der Waals surface area contributed by atoms with Crippen molar-refractivity contribution >= 4 is 17.3 Å². The molecule has 0 aliphatic carbocycles. The van der Waals surface area contributed by atoms with Crippen LogP contribution in [0.4, 0.5) is 5.69 Å². The second-order valence-electron chi connectivity index (χ2n) is 3.74. The van der Waals surface area contributed by atoms with Gasteiger partial charge in [-0.25, -0.2) is 0 Å². The summed E-state index contributed by atoms with van der Waals surface area (Å²) in [6.07, 6.45) is 0. The first-order valence-electron chi connectivity index (χ1n) is 4.99. The van der Waals surface area contributed by atoms with Gasteiger partial charge in [-0.1, -0.05) is 11.6 Å². The molecule has 1 heterocycles. The number of hydrogen-bond acceptors (Lipinski definition) is 3. The van der Waals surface area contributed by atoms with Crippen LogP contribution < -0.4 is 15.0 Å². The highest BCUT2D eigenvalue weighted by Crippen LogP contribution is 2.31. The van der Waals surface area contributed by atoms with E-state index in [-0.39, 0.29) is 0 Å². The van der Waals surface area contributed by atoms with Crippen LogP contribution in [0.3, 0.4) is 0 Å². The molecule has 0 radical (unpaired) electrons. The lowest BCUT2D eigenvalue weighted by molar-refractivity contribution is 0.400. The predicted octanol–water partition coefficient (Wildman–Crippen LogP) is 1.76. The molecule has 1 aliphatic heterocycles. The van der Waals surface area contributed by atoms with E-state index in [2.05, 4.69) is 17.3 Å². The van der Waals surface area contributed by atoms with Gasteiger partial charge >= 0.3 is 0 Å². The molecule has 1 N–H and O–H groups in total. The Morgan fingerprint density at radius 3 is 2.73 bits per heavy atom. The molecule has 0 amide bonds. The van der Waals surface area contributed by atoms with Crippen molar-refractivity contribution in [2.24, 2.45) is 0 Å². The Hall–Kier alpha value is -0.930. The lowest BCUT2D eigenvalue weighted by Crippen LogP contribution is -2.56. The zero-order chi connectivity index (χ0) is 10.8. The second-order valence-corrected chi connectivity index (χ2v) is 4.18. The van der Waals surface area contributed by atoms with E-state index in [4.69, 9.17) is 16.3 Å². The zero-order valence-electron chi connectivity index (χ0n) is 8.96. The van der Waals surface area contributed by atoms with E-state index in [1.54, 1.807) is 7.11 Å². The summed E-state index contributed by atoms with van der Waals surface area (Å²) in [5, 5.41) is 3.99. The highest BCUT2D eigenvalue weighted by atomic mass is 35.5. The van der Waals surface area contributed by atoms with Gasteiger partial charge in [0.25, 0.3) is 0 Å². The minimum Gasteiger partial charge on any atom is -0.495 e. The molecule has 3 nitrogen and oxygen atoms in total. The van der Waals surface area contributed by atoms with Gasteiger partial charge < -0.3 is 15.0 Å². The van der Waals surface area contributed by atoms with E-state index in [1.165, 1.54) is 0 Å². The molecule has 1 fully saturated rings. The Labute approximate surface area is 95.0 Å². The maximum absolute atomic E-state index is 5.99. The molecule has 2 rings (SSSR count). The van der Waals surface area contributed by atoms with Crippen molar-refractivity contribution in [2.45, 2.75) is 6.04 Å².